The van der Waals surface area contributed by atoms with Crippen molar-refractivity contribution in [1.82, 2.24) is 14.7 Å². The van der Waals surface area contributed by atoms with Crippen LogP contribution in [0.1, 0.15) is 24.6 Å². The first-order valence-corrected chi connectivity index (χ1v) is 6.14. The number of hydrogen-bond acceptors (Lipinski definition) is 3. The van der Waals surface area contributed by atoms with E-state index in [0.717, 1.165) is 23.6 Å². The molecule has 4 heteroatoms. The lowest BCUT2D eigenvalue weighted by atomic mass is 10.2. The maximum absolute atomic E-state index is 4.80. The first-order valence-electron chi connectivity index (χ1n) is 6.14. The monoisotopic (exact) mass is 230 g/mol. The molecule has 3 heterocycles. The van der Waals surface area contributed by atoms with Gasteiger partial charge in [0, 0.05) is 26.5 Å². The molecule has 0 unspecified atom stereocenters. The maximum atomic E-state index is 4.80. The van der Waals surface area contributed by atoms with Gasteiger partial charge in [-0.2, -0.15) is 0 Å². The van der Waals surface area contributed by atoms with Crippen LogP contribution in [0.2, 0.25) is 0 Å². The van der Waals surface area contributed by atoms with Crippen molar-refractivity contribution < 1.29 is 0 Å². The van der Waals surface area contributed by atoms with Crippen LogP contribution in [0.4, 0.5) is 5.82 Å². The average molecular weight is 230 g/mol. The topological polar surface area (TPSA) is 32.6 Å². The second-order valence-electron chi connectivity index (χ2n) is 4.83. The molecule has 1 saturated heterocycles. The summed E-state index contributed by atoms with van der Waals surface area (Å²) in [5.41, 5.74) is 2.31. The van der Waals surface area contributed by atoms with Gasteiger partial charge in [0.05, 0.1) is 17.3 Å². The van der Waals surface area contributed by atoms with Gasteiger partial charge in [0.2, 0.25) is 0 Å². The summed E-state index contributed by atoms with van der Waals surface area (Å²) in [7, 11) is 4.09. The highest BCUT2D eigenvalue weighted by Crippen LogP contribution is 2.25. The van der Waals surface area contributed by atoms with Crippen molar-refractivity contribution in [3.8, 4) is 0 Å². The number of hydrogen-bond donors (Lipinski definition) is 1. The maximum Gasteiger partial charge on any atom is 0.152 e. The molecular formula is C13H18N4. The quantitative estimate of drug-likeness (QED) is 0.854. The van der Waals surface area contributed by atoms with Crippen LogP contribution in [0, 0.1) is 0 Å². The van der Waals surface area contributed by atoms with Gasteiger partial charge < -0.3 is 14.6 Å². The number of aromatic nitrogens is 2. The molecule has 1 aliphatic rings. The Labute approximate surface area is 101 Å². The molecule has 0 bridgehead atoms. The highest BCUT2D eigenvalue weighted by molar-refractivity contribution is 5.69. The first-order chi connectivity index (χ1) is 8.25. The molecule has 1 N–H and O–H groups in total. The molecule has 0 radical (unpaired) electrons. The van der Waals surface area contributed by atoms with Gasteiger partial charge in [-0.15, -0.1) is 0 Å². The standard InChI is InChI=1S/C13H18N4/c1-16(2)13-12-6-4-8-17(12)9-11(15-13)10-5-3-7-14-10/h4,6,8-10,14H,3,5,7H2,1-2H3/t10-/m1/s1. The van der Waals surface area contributed by atoms with Gasteiger partial charge in [-0.1, -0.05) is 0 Å². The zero-order valence-electron chi connectivity index (χ0n) is 10.3. The second kappa shape index (κ2) is 4.04. The summed E-state index contributed by atoms with van der Waals surface area (Å²) in [6.45, 7) is 1.10. The number of nitrogens with zero attached hydrogens (tertiary/aromatic N) is 3. The van der Waals surface area contributed by atoms with Crippen LogP contribution in [0.15, 0.2) is 24.5 Å². The van der Waals surface area contributed by atoms with Gasteiger partial charge in [0.15, 0.2) is 5.82 Å². The Morgan fingerprint density at radius 2 is 2.35 bits per heavy atom. The number of rotatable bonds is 2. The lowest BCUT2D eigenvalue weighted by Crippen LogP contribution is -2.18. The Balaban J connectivity index is 2.12. The van der Waals surface area contributed by atoms with Crippen molar-refractivity contribution in [2.75, 3.05) is 25.5 Å². The third kappa shape index (κ3) is 1.78. The minimum absolute atomic E-state index is 0.417. The van der Waals surface area contributed by atoms with Crippen molar-refractivity contribution in [3.05, 3.63) is 30.2 Å². The summed E-state index contributed by atoms with van der Waals surface area (Å²) < 4.78 is 2.16. The van der Waals surface area contributed by atoms with E-state index in [2.05, 4.69) is 39.1 Å². The van der Waals surface area contributed by atoms with E-state index >= 15 is 0 Å². The smallest absolute Gasteiger partial charge is 0.152 e. The van der Waals surface area contributed by atoms with E-state index in [-0.39, 0.29) is 0 Å². The van der Waals surface area contributed by atoms with Gasteiger partial charge >= 0.3 is 0 Å². The SMILES string of the molecule is CN(C)c1nc([C@H]2CCCN2)cn2cccc12. The normalized spacial score (nSPS) is 20.0. The number of anilines is 1. The van der Waals surface area contributed by atoms with E-state index in [4.69, 9.17) is 4.98 Å². The minimum Gasteiger partial charge on any atom is -0.361 e. The van der Waals surface area contributed by atoms with Crippen molar-refractivity contribution in [1.29, 1.82) is 0 Å². The highest BCUT2D eigenvalue weighted by atomic mass is 15.2. The van der Waals surface area contributed by atoms with E-state index in [9.17, 15) is 0 Å². The highest BCUT2D eigenvalue weighted by Gasteiger charge is 2.19. The summed E-state index contributed by atoms with van der Waals surface area (Å²) in [6, 6.07) is 4.59. The summed E-state index contributed by atoms with van der Waals surface area (Å²) in [5.74, 6) is 1.04. The molecule has 0 aliphatic carbocycles. The predicted octanol–water partition coefficient (Wildman–Crippen LogP) is 1.82. The molecule has 17 heavy (non-hydrogen) atoms. The molecule has 0 aromatic carbocycles. The van der Waals surface area contributed by atoms with Gasteiger partial charge in [-0.3, -0.25) is 0 Å². The van der Waals surface area contributed by atoms with Crippen LogP contribution in [0.5, 0.6) is 0 Å². The third-order valence-corrected chi connectivity index (χ3v) is 3.36. The summed E-state index contributed by atoms with van der Waals surface area (Å²) in [4.78, 5) is 6.87. The van der Waals surface area contributed by atoms with Gasteiger partial charge in [-0.25, -0.2) is 4.98 Å². The van der Waals surface area contributed by atoms with E-state index in [0.29, 0.717) is 6.04 Å². The van der Waals surface area contributed by atoms with Gasteiger partial charge in [-0.05, 0) is 31.5 Å². The van der Waals surface area contributed by atoms with Crippen molar-refractivity contribution in [3.63, 3.8) is 0 Å². The molecule has 2 aromatic heterocycles. The predicted molar refractivity (Wildman–Crippen MR) is 69.5 cm³/mol. The largest absolute Gasteiger partial charge is 0.361 e. The molecular weight excluding hydrogens is 212 g/mol. The Morgan fingerprint density at radius 3 is 3.06 bits per heavy atom. The van der Waals surface area contributed by atoms with E-state index in [1.54, 1.807) is 0 Å². The van der Waals surface area contributed by atoms with Crippen LogP contribution < -0.4 is 10.2 Å². The van der Waals surface area contributed by atoms with E-state index < -0.39 is 0 Å². The molecule has 1 fully saturated rings. The fourth-order valence-electron chi connectivity index (χ4n) is 2.48. The van der Waals surface area contributed by atoms with Gasteiger partial charge in [0.1, 0.15) is 0 Å². The molecule has 0 spiro atoms. The Kier molecular flexibility index (Phi) is 2.52. The van der Waals surface area contributed by atoms with Crippen LogP contribution >= 0.6 is 0 Å². The van der Waals surface area contributed by atoms with Crippen LogP contribution in [-0.2, 0) is 0 Å². The Bertz CT molecular complexity index is 523. The second-order valence-corrected chi connectivity index (χ2v) is 4.83. The van der Waals surface area contributed by atoms with Gasteiger partial charge in [0.25, 0.3) is 0 Å². The molecule has 3 rings (SSSR count). The Morgan fingerprint density at radius 1 is 1.47 bits per heavy atom. The Hall–Kier alpha value is -1.55. The van der Waals surface area contributed by atoms with Crippen molar-refractivity contribution in [2.24, 2.45) is 0 Å². The van der Waals surface area contributed by atoms with Crippen LogP contribution in [-0.4, -0.2) is 30.0 Å². The van der Waals surface area contributed by atoms with Crippen molar-refractivity contribution in [2.45, 2.75) is 18.9 Å². The third-order valence-electron chi connectivity index (χ3n) is 3.36. The molecule has 2 aromatic rings. The molecule has 1 aliphatic heterocycles. The molecule has 0 amide bonds. The average Bonchev–Trinajstić information content (AvgIpc) is 2.98. The summed E-state index contributed by atoms with van der Waals surface area (Å²) in [6.07, 6.45) is 6.66. The number of fused-ring (bicyclic) bond motifs is 1. The minimum atomic E-state index is 0.417. The molecule has 1 atom stereocenters. The zero-order chi connectivity index (χ0) is 11.8. The van der Waals surface area contributed by atoms with E-state index in [1.165, 1.54) is 12.8 Å². The molecule has 90 valence electrons. The van der Waals surface area contributed by atoms with Crippen LogP contribution in [0.25, 0.3) is 5.52 Å². The van der Waals surface area contributed by atoms with Crippen molar-refractivity contribution >= 4 is 11.3 Å². The lowest BCUT2D eigenvalue weighted by Gasteiger charge is -2.17. The lowest BCUT2D eigenvalue weighted by molar-refractivity contribution is 0.623. The number of nitrogens with one attached hydrogen (secondary N) is 1. The summed E-state index contributed by atoms with van der Waals surface area (Å²) >= 11 is 0. The fourth-order valence-corrected chi connectivity index (χ4v) is 2.48. The fraction of sp³-hybridized carbons (Fsp3) is 0.462. The first kappa shape index (κ1) is 10.6. The molecule has 0 saturated carbocycles. The summed E-state index contributed by atoms with van der Waals surface area (Å²) in [5, 5.41) is 3.50. The molecule has 4 nitrogen and oxygen atoms in total. The van der Waals surface area contributed by atoms with Crippen LogP contribution in [0.3, 0.4) is 0 Å². The van der Waals surface area contributed by atoms with E-state index in [1.807, 2.05) is 14.1 Å². The zero-order valence-corrected chi connectivity index (χ0v) is 10.3.